The summed E-state index contributed by atoms with van der Waals surface area (Å²) in [6.45, 7) is 1.34. The van der Waals surface area contributed by atoms with E-state index in [0.29, 0.717) is 10.2 Å². The normalized spacial score (nSPS) is 11.4. The van der Waals surface area contributed by atoms with Crippen molar-refractivity contribution in [3.05, 3.63) is 56.8 Å². The Morgan fingerprint density at radius 1 is 1.30 bits per heavy atom. The van der Waals surface area contributed by atoms with E-state index in [2.05, 4.69) is 20.9 Å². The fraction of sp³-hybridized carbons (Fsp3) is 0.200. The van der Waals surface area contributed by atoms with Crippen LogP contribution in [0, 0.1) is 0 Å². The van der Waals surface area contributed by atoms with Gasteiger partial charge in [0.1, 0.15) is 18.1 Å². The number of ketones is 1. The van der Waals surface area contributed by atoms with E-state index in [-0.39, 0.29) is 28.9 Å². The second-order valence-corrected chi connectivity index (χ2v) is 5.97. The number of rotatable bonds is 4. The van der Waals surface area contributed by atoms with Crippen LogP contribution < -0.4 is 4.74 Å². The SMILES string of the molecule is CC(=O)c1cc(Br)cc(COc2ccc(C(F)(F)F)cc2Cl)n1. The number of hydrogen-bond donors (Lipinski definition) is 0. The van der Waals surface area contributed by atoms with Gasteiger partial charge < -0.3 is 4.74 Å². The molecule has 0 aliphatic carbocycles. The molecular weight excluding hydrogens is 399 g/mol. The predicted molar refractivity (Wildman–Crippen MR) is 82.7 cm³/mol. The van der Waals surface area contributed by atoms with Crippen LogP contribution in [-0.2, 0) is 12.8 Å². The van der Waals surface area contributed by atoms with E-state index in [0.717, 1.165) is 18.2 Å². The summed E-state index contributed by atoms with van der Waals surface area (Å²) in [6, 6.07) is 6.04. The third kappa shape index (κ3) is 4.68. The van der Waals surface area contributed by atoms with E-state index in [1.54, 1.807) is 12.1 Å². The molecule has 0 saturated heterocycles. The number of carbonyl (C=O) groups excluding carboxylic acids is 1. The van der Waals surface area contributed by atoms with Crippen molar-refractivity contribution < 1.29 is 22.7 Å². The van der Waals surface area contributed by atoms with Crippen LogP contribution in [0.25, 0.3) is 0 Å². The van der Waals surface area contributed by atoms with Gasteiger partial charge in [0.15, 0.2) is 5.78 Å². The lowest BCUT2D eigenvalue weighted by atomic mass is 10.2. The zero-order chi connectivity index (χ0) is 17.2. The van der Waals surface area contributed by atoms with Crippen molar-refractivity contribution in [2.45, 2.75) is 19.7 Å². The molecule has 0 unspecified atom stereocenters. The molecule has 3 nitrogen and oxygen atoms in total. The molecule has 2 aromatic rings. The monoisotopic (exact) mass is 407 g/mol. The molecule has 0 spiro atoms. The number of Topliss-reactive ketones (excluding diaryl/α,β-unsaturated/α-hetero) is 1. The highest BCUT2D eigenvalue weighted by Gasteiger charge is 2.31. The van der Waals surface area contributed by atoms with E-state index in [9.17, 15) is 18.0 Å². The van der Waals surface area contributed by atoms with E-state index in [1.165, 1.54) is 6.92 Å². The number of alkyl halides is 3. The lowest BCUT2D eigenvalue weighted by Crippen LogP contribution is -2.06. The molecule has 8 heteroatoms. The van der Waals surface area contributed by atoms with Crippen LogP contribution in [0.2, 0.25) is 5.02 Å². The zero-order valence-electron chi connectivity index (χ0n) is 11.7. The Hall–Kier alpha value is -1.60. The molecule has 2 rings (SSSR count). The molecule has 0 aliphatic rings. The van der Waals surface area contributed by atoms with Crippen molar-refractivity contribution in [2.24, 2.45) is 0 Å². The number of pyridine rings is 1. The quantitative estimate of drug-likeness (QED) is 0.645. The summed E-state index contributed by atoms with van der Waals surface area (Å²) in [4.78, 5) is 15.5. The topological polar surface area (TPSA) is 39.2 Å². The van der Waals surface area contributed by atoms with Gasteiger partial charge in [0.25, 0.3) is 0 Å². The van der Waals surface area contributed by atoms with Crippen LogP contribution in [-0.4, -0.2) is 10.8 Å². The highest BCUT2D eigenvalue weighted by atomic mass is 79.9. The maximum atomic E-state index is 12.6. The molecule has 0 atom stereocenters. The van der Waals surface area contributed by atoms with Gasteiger partial charge in [-0.2, -0.15) is 13.2 Å². The van der Waals surface area contributed by atoms with Crippen molar-refractivity contribution in [1.82, 2.24) is 4.98 Å². The number of halogens is 5. The smallest absolute Gasteiger partial charge is 0.416 e. The summed E-state index contributed by atoms with van der Waals surface area (Å²) in [6.07, 6.45) is -4.47. The van der Waals surface area contributed by atoms with Gasteiger partial charge in [0, 0.05) is 11.4 Å². The Labute approximate surface area is 143 Å². The summed E-state index contributed by atoms with van der Waals surface area (Å²) in [7, 11) is 0. The van der Waals surface area contributed by atoms with Crippen molar-refractivity contribution in [3.8, 4) is 5.75 Å². The lowest BCUT2D eigenvalue weighted by Gasteiger charge is -2.11. The number of aromatic nitrogens is 1. The first-order valence-corrected chi connectivity index (χ1v) is 7.51. The summed E-state index contributed by atoms with van der Waals surface area (Å²) in [5.41, 5.74) is -0.147. The van der Waals surface area contributed by atoms with Gasteiger partial charge in [-0.3, -0.25) is 4.79 Å². The number of benzene rings is 1. The Balaban J connectivity index is 2.17. The molecule has 122 valence electrons. The van der Waals surface area contributed by atoms with E-state index in [4.69, 9.17) is 16.3 Å². The minimum Gasteiger partial charge on any atom is -0.486 e. The lowest BCUT2D eigenvalue weighted by molar-refractivity contribution is -0.137. The highest BCUT2D eigenvalue weighted by Crippen LogP contribution is 2.34. The maximum Gasteiger partial charge on any atom is 0.416 e. The summed E-state index contributed by atoms with van der Waals surface area (Å²) in [5.74, 6) is -0.106. The third-order valence-electron chi connectivity index (χ3n) is 2.84. The Morgan fingerprint density at radius 2 is 2.00 bits per heavy atom. The summed E-state index contributed by atoms with van der Waals surface area (Å²) in [5, 5.41) is -0.151. The minimum atomic E-state index is -4.47. The third-order valence-corrected chi connectivity index (χ3v) is 3.59. The Bertz CT molecular complexity index is 750. The standard InChI is InChI=1S/C15H10BrClF3NO2/c1-8(22)13-6-10(16)5-11(21-13)7-23-14-3-2-9(4-12(14)17)15(18,19)20/h2-6H,7H2,1H3. The van der Waals surface area contributed by atoms with E-state index < -0.39 is 11.7 Å². The molecular formula is C15H10BrClF3NO2. The van der Waals surface area contributed by atoms with Gasteiger partial charge in [-0.1, -0.05) is 27.5 Å². The minimum absolute atomic E-state index is 0.0369. The average Bonchev–Trinajstić information content (AvgIpc) is 2.44. The second-order valence-electron chi connectivity index (χ2n) is 4.65. The highest BCUT2D eigenvalue weighted by molar-refractivity contribution is 9.10. The van der Waals surface area contributed by atoms with Gasteiger partial charge in [0.05, 0.1) is 16.3 Å². The molecule has 0 bridgehead atoms. The molecule has 0 radical (unpaired) electrons. The van der Waals surface area contributed by atoms with Crippen LogP contribution >= 0.6 is 27.5 Å². The Morgan fingerprint density at radius 3 is 2.57 bits per heavy atom. The molecule has 0 fully saturated rings. The predicted octanol–water partition coefficient (Wildman–Crippen LogP) is 5.30. The number of carbonyl (C=O) groups is 1. The first kappa shape index (κ1) is 17.7. The second kappa shape index (κ2) is 6.88. The van der Waals surface area contributed by atoms with Crippen molar-refractivity contribution in [3.63, 3.8) is 0 Å². The maximum absolute atomic E-state index is 12.6. The largest absolute Gasteiger partial charge is 0.486 e. The first-order chi connectivity index (χ1) is 10.7. The van der Waals surface area contributed by atoms with Crippen LogP contribution in [0.5, 0.6) is 5.75 Å². The van der Waals surface area contributed by atoms with Crippen LogP contribution in [0.4, 0.5) is 13.2 Å². The first-order valence-electron chi connectivity index (χ1n) is 6.34. The molecule has 1 aromatic carbocycles. The van der Waals surface area contributed by atoms with Gasteiger partial charge in [-0.25, -0.2) is 4.98 Å². The van der Waals surface area contributed by atoms with Crippen LogP contribution in [0.3, 0.4) is 0 Å². The van der Waals surface area contributed by atoms with Gasteiger partial charge in [-0.15, -0.1) is 0 Å². The van der Waals surface area contributed by atoms with Gasteiger partial charge in [-0.05, 0) is 30.3 Å². The molecule has 0 aliphatic heterocycles. The van der Waals surface area contributed by atoms with Gasteiger partial charge in [0.2, 0.25) is 0 Å². The molecule has 1 aromatic heterocycles. The number of hydrogen-bond acceptors (Lipinski definition) is 3. The fourth-order valence-corrected chi connectivity index (χ4v) is 2.47. The number of ether oxygens (including phenoxy) is 1. The molecule has 0 saturated carbocycles. The fourth-order valence-electron chi connectivity index (χ4n) is 1.75. The zero-order valence-corrected chi connectivity index (χ0v) is 14.1. The van der Waals surface area contributed by atoms with Crippen molar-refractivity contribution in [1.29, 1.82) is 0 Å². The molecule has 0 amide bonds. The summed E-state index contributed by atoms with van der Waals surface area (Å²) >= 11 is 9.06. The number of nitrogens with zero attached hydrogens (tertiary/aromatic N) is 1. The van der Waals surface area contributed by atoms with Gasteiger partial charge >= 0.3 is 6.18 Å². The van der Waals surface area contributed by atoms with Crippen molar-refractivity contribution in [2.75, 3.05) is 0 Å². The van der Waals surface area contributed by atoms with Crippen LogP contribution in [0.1, 0.15) is 28.7 Å². The van der Waals surface area contributed by atoms with E-state index in [1.807, 2.05) is 0 Å². The average molecular weight is 409 g/mol. The van der Waals surface area contributed by atoms with Crippen LogP contribution in [0.15, 0.2) is 34.8 Å². The molecule has 0 N–H and O–H groups in total. The molecule has 1 heterocycles. The van der Waals surface area contributed by atoms with Crippen molar-refractivity contribution >= 4 is 33.3 Å². The van der Waals surface area contributed by atoms with E-state index >= 15 is 0 Å². The summed E-state index contributed by atoms with van der Waals surface area (Å²) < 4.78 is 43.7. The molecule has 23 heavy (non-hydrogen) atoms. The Kier molecular flexibility index (Phi) is 5.31.